The molecule has 1 aromatic heterocycles. The molecule has 1 heterocycles. The lowest BCUT2D eigenvalue weighted by Crippen LogP contribution is -2.03. The van der Waals surface area contributed by atoms with Crippen molar-refractivity contribution in [3.63, 3.8) is 0 Å². The van der Waals surface area contributed by atoms with Crippen LogP contribution in [0, 0.1) is 15.9 Å². The Bertz CT molecular complexity index is 574. The predicted octanol–water partition coefficient (Wildman–Crippen LogP) is 2.72. The third-order valence-corrected chi connectivity index (χ3v) is 2.56. The maximum atomic E-state index is 13.3. The van der Waals surface area contributed by atoms with Crippen molar-refractivity contribution in [3.8, 4) is 0 Å². The first-order chi connectivity index (χ1) is 8.58. The number of benzene rings is 1. The zero-order valence-electron chi connectivity index (χ0n) is 8.98. The summed E-state index contributed by atoms with van der Waals surface area (Å²) < 4.78 is 13.3. The molecule has 0 aliphatic rings. The Morgan fingerprint density at radius 3 is 2.94 bits per heavy atom. The molecule has 0 saturated heterocycles. The number of nitro benzene ring substituents is 1. The summed E-state index contributed by atoms with van der Waals surface area (Å²) >= 11 is 5.51. The standard InChI is InChI=1S/C10H8ClFN4O2/c11-7-1-10(16(17)18)9(2-8(7)12)13-3-6-4-14-15-5-6/h1-2,4-5,13H,3H2,(H,14,15). The summed E-state index contributed by atoms with van der Waals surface area (Å²) in [5.41, 5.74) is 0.590. The highest BCUT2D eigenvalue weighted by atomic mass is 35.5. The largest absolute Gasteiger partial charge is 0.375 e. The summed E-state index contributed by atoms with van der Waals surface area (Å²) in [5, 5.41) is 19.6. The Balaban J connectivity index is 2.25. The van der Waals surface area contributed by atoms with Gasteiger partial charge in [-0.2, -0.15) is 5.10 Å². The van der Waals surface area contributed by atoms with Gasteiger partial charge in [0, 0.05) is 30.4 Å². The highest BCUT2D eigenvalue weighted by Crippen LogP contribution is 2.30. The molecular formula is C10H8ClFN4O2. The summed E-state index contributed by atoms with van der Waals surface area (Å²) in [5.74, 6) is -0.711. The van der Waals surface area contributed by atoms with Crippen LogP contribution in [0.1, 0.15) is 5.56 Å². The number of aromatic nitrogens is 2. The van der Waals surface area contributed by atoms with E-state index in [-0.39, 0.29) is 16.4 Å². The molecule has 2 rings (SSSR count). The van der Waals surface area contributed by atoms with Crippen molar-refractivity contribution < 1.29 is 9.31 Å². The minimum atomic E-state index is -0.711. The van der Waals surface area contributed by atoms with Crippen molar-refractivity contribution in [3.05, 3.63) is 51.0 Å². The number of hydrogen-bond acceptors (Lipinski definition) is 4. The van der Waals surface area contributed by atoms with Gasteiger partial charge >= 0.3 is 0 Å². The number of anilines is 1. The number of nitro groups is 1. The Labute approximate surface area is 106 Å². The lowest BCUT2D eigenvalue weighted by Gasteiger charge is -2.06. The SMILES string of the molecule is O=[N+]([O-])c1cc(Cl)c(F)cc1NCc1cn[nH]c1. The molecule has 8 heteroatoms. The number of halogens is 2. The highest BCUT2D eigenvalue weighted by Gasteiger charge is 2.17. The molecule has 1 aromatic carbocycles. The van der Waals surface area contributed by atoms with E-state index in [1.165, 1.54) is 0 Å². The van der Waals surface area contributed by atoms with E-state index in [9.17, 15) is 14.5 Å². The van der Waals surface area contributed by atoms with Crippen LogP contribution in [0.2, 0.25) is 5.02 Å². The van der Waals surface area contributed by atoms with Gasteiger partial charge in [-0.1, -0.05) is 11.6 Å². The third kappa shape index (κ3) is 2.57. The van der Waals surface area contributed by atoms with E-state index >= 15 is 0 Å². The lowest BCUT2D eigenvalue weighted by molar-refractivity contribution is -0.384. The molecule has 0 unspecified atom stereocenters. The molecule has 0 aliphatic heterocycles. The zero-order valence-corrected chi connectivity index (χ0v) is 9.74. The number of H-pyrrole nitrogens is 1. The van der Waals surface area contributed by atoms with Crippen LogP contribution in [0.4, 0.5) is 15.8 Å². The monoisotopic (exact) mass is 270 g/mol. The van der Waals surface area contributed by atoms with Crippen LogP contribution < -0.4 is 5.32 Å². The van der Waals surface area contributed by atoms with Crippen LogP contribution in [-0.2, 0) is 6.54 Å². The number of nitrogens with one attached hydrogen (secondary N) is 2. The van der Waals surface area contributed by atoms with E-state index in [0.29, 0.717) is 6.54 Å². The van der Waals surface area contributed by atoms with Crippen LogP contribution in [0.15, 0.2) is 24.5 Å². The van der Waals surface area contributed by atoms with Crippen LogP contribution in [0.25, 0.3) is 0 Å². The van der Waals surface area contributed by atoms with Crippen LogP contribution in [0.3, 0.4) is 0 Å². The van der Waals surface area contributed by atoms with Gasteiger partial charge in [-0.25, -0.2) is 4.39 Å². The molecule has 94 valence electrons. The molecular weight excluding hydrogens is 263 g/mol. The normalized spacial score (nSPS) is 10.3. The van der Waals surface area contributed by atoms with Crippen LogP contribution in [0.5, 0.6) is 0 Å². The van der Waals surface area contributed by atoms with Crippen molar-refractivity contribution in [1.82, 2.24) is 10.2 Å². The maximum Gasteiger partial charge on any atom is 0.294 e. The van der Waals surface area contributed by atoms with Gasteiger partial charge in [0.1, 0.15) is 11.5 Å². The van der Waals surface area contributed by atoms with Crippen molar-refractivity contribution in [1.29, 1.82) is 0 Å². The quantitative estimate of drug-likeness (QED) is 0.661. The summed E-state index contributed by atoms with van der Waals surface area (Å²) in [4.78, 5) is 10.2. The molecule has 6 nitrogen and oxygen atoms in total. The van der Waals surface area contributed by atoms with Crippen molar-refractivity contribution in [2.45, 2.75) is 6.54 Å². The minimum Gasteiger partial charge on any atom is -0.375 e. The summed E-state index contributed by atoms with van der Waals surface area (Å²) in [6.07, 6.45) is 3.19. The second kappa shape index (κ2) is 5.01. The fourth-order valence-electron chi connectivity index (χ4n) is 1.40. The van der Waals surface area contributed by atoms with E-state index in [0.717, 1.165) is 17.7 Å². The average molecular weight is 271 g/mol. The zero-order chi connectivity index (χ0) is 13.1. The molecule has 0 spiro atoms. The molecule has 2 N–H and O–H groups in total. The van der Waals surface area contributed by atoms with Crippen LogP contribution in [-0.4, -0.2) is 15.1 Å². The van der Waals surface area contributed by atoms with Crippen molar-refractivity contribution >= 4 is 23.0 Å². The van der Waals surface area contributed by atoms with Gasteiger partial charge in [0.15, 0.2) is 0 Å². The van der Waals surface area contributed by atoms with Gasteiger partial charge in [-0.15, -0.1) is 0 Å². The number of hydrogen-bond donors (Lipinski definition) is 2. The van der Waals surface area contributed by atoms with Gasteiger partial charge in [0.05, 0.1) is 16.1 Å². The second-order valence-electron chi connectivity index (χ2n) is 3.50. The smallest absolute Gasteiger partial charge is 0.294 e. The molecule has 2 aromatic rings. The number of nitrogens with zero attached hydrogens (tertiary/aromatic N) is 2. The molecule has 0 aliphatic carbocycles. The molecule has 18 heavy (non-hydrogen) atoms. The summed E-state index contributed by atoms with van der Waals surface area (Å²) in [6, 6.07) is 1.98. The van der Waals surface area contributed by atoms with E-state index in [4.69, 9.17) is 11.6 Å². The number of aromatic amines is 1. The average Bonchev–Trinajstić information content (AvgIpc) is 2.83. The van der Waals surface area contributed by atoms with Gasteiger partial charge in [0.2, 0.25) is 0 Å². The topological polar surface area (TPSA) is 83.8 Å². The maximum absolute atomic E-state index is 13.3. The fourth-order valence-corrected chi connectivity index (χ4v) is 1.56. The first-order valence-corrected chi connectivity index (χ1v) is 5.30. The molecule has 0 bridgehead atoms. The molecule has 0 atom stereocenters. The predicted molar refractivity (Wildman–Crippen MR) is 64.0 cm³/mol. The third-order valence-electron chi connectivity index (χ3n) is 2.27. The minimum absolute atomic E-state index is 0.0723. The Morgan fingerprint density at radius 1 is 1.56 bits per heavy atom. The summed E-state index contributed by atoms with van der Waals surface area (Å²) in [6.45, 7) is 0.290. The van der Waals surface area contributed by atoms with Gasteiger partial charge in [-0.3, -0.25) is 15.2 Å². The van der Waals surface area contributed by atoms with E-state index < -0.39 is 10.7 Å². The van der Waals surface area contributed by atoms with Gasteiger partial charge < -0.3 is 5.32 Å². The van der Waals surface area contributed by atoms with Gasteiger partial charge in [-0.05, 0) is 0 Å². The first-order valence-electron chi connectivity index (χ1n) is 4.93. The molecule has 0 saturated carbocycles. The molecule has 0 amide bonds. The second-order valence-corrected chi connectivity index (χ2v) is 3.91. The Hall–Kier alpha value is -2.15. The van der Waals surface area contributed by atoms with E-state index in [1.54, 1.807) is 12.4 Å². The fraction of sp³-hybridized carbons (Fsp3) is 0.100. The van der Waals surface area contributed by atoms with Crippen molar-refractivity contribution in [2.24, 2.45) is 0 Å². The van der Waals surface area contributed by atoms with E-state index in [2.05, 4.69) is 15.5 Å². The Morgan fingerprint density at radius 2 is 2.33 bits per heavy atom. The molecule has 0 radical (unpaired) electrons. The van der Waals surface area contributed by atoms with Crippen LogP contribution >= 0.6 is 11.6 Å². The highest BCUT2D eigenvalue weighted by molar-refractivity contribution is 6.31. The molecule has 0 fully saturated rings. The van der Waals surface area contributed by atoms with Gasteiger partial charge in [0.25, 0.3) is 5.69 Å². The Kier molecular flexibility index (Phi) is 3.42. The first kappa shape index (κ1) is 12.3. The number of rotatable bonds is 4. The summed E-state index contributed by atoms with van der Waals surface area (Å²) in [7, 11) is 0. The van der Waals surface area contributed by atoms with Crippen molar-refractivity contribution in [2.75, 3.05) is 5.32 Å². The lowest BCUT2D eigenvalue weighted by atomic mass is 10.2. The van der Waals surface area contributed by atoms with E-state index in [1.807, 2.05) is 0 Å².